The molecule has 6 heteroatoms. The van der Waals surface area contributed by atoms with E-state index in [0.29, 0.717) is 11.3 Å². The summed E-state index contributed by atoms with van der Waals surface area (Å²) < 4.78 is 55.7. The molecule has 0 spiro atoms. The van der Waals surface area contributed by atoms with E-state index < -0.39 is 17.6 Å². The van der Waals surface area contributed by atoms with Crippen LogP contribution in [0.3, 0.4) is 0 Å². The van der Waals surface area contributed by atoms with Crippen molar-refractivity contribution in [3.63, 3.8) is 0 Å². The number of halogens is 4. The lowest BCUT2D eigenvalue weighted by Gasteiger charge is -2.11. The number of hydrogen-bond donors (Lipinski definition) is 1. The molecule has 0 aliphatic rings. The molecule has 2 aromatic carbocycles. The predicted molar refractivity (Wildman–Crippen MR) is 65.8 cm³/mol. The van der Waals surface area contributed by atoms with Crippen molar-refractivity contribution in [1.82, 2.24) is 0 Å². The average Bonchev–Trinajstić information content (AvgIpc) is 2.40. The number of rotatable bonds is 3. The van der Waals surface area contributed by atoms with Crippen LogP contribution in [0.15, 0.2) is 42.5 Å². The minimum atomic E-state index is -4.39. The number of ether oxygens (including phenoxy) is 1. The molecule has 0 amide bonds. The monoisotopic (exact) mass is 285 g/mol. The van der Waals surface area contributed by atoms with E-state index in [0.717, 1.165) is 12.1 Å². The third kappa shape index (κ3) is 3.27. The second-order valence-corrected chi connectivity index (χ2v) is 4.08. The average molecular weight is 285 g/mol. The maximum absolute atomic E-state index is 13.0. The van der Waals surface area contributed by atoms with Gasteiger partial charge in [-0.25, -0.2) is 4.39 Å². The Morgan fingerprint density at radius 1 is 1.00 bits per heavy atom. The van der Waals surface area contributed by atoms with Crippen LogP contribution in [0, 0.1) is 5.82 Å². The molecule has 2 aromatic rings. The lowest BCUT2D eigenvalue weighted by atomic mass is 10.2. The normalized spacial score (nSPS) is 11.4. The van der Waals surface area contributed by atoms with Gasteiger partial charge in [0.05, 0.1) is 5.56 Å². The van der Waals surface area contributed by atoms with Gasteiger partial charge in [0, 0.05) is 12.1 Å². The molecular weight excluding hydrogens is 274 g/mol. The molecule has 0 heterocycles. The highest BCUT2D eigenvalue weighted by atomic mass is 19.4. The van der Waals surface area contributed by atoms with Gasteiger partial charge >= 0.3 is 6.18 Å². The standard InChI is InChI=1S/C14H11F4NO/c15-11-3-6-13(9(7-11)8-19)20-12-4-1-10(2-5-12)14(16,17)18/h1-7H,8,19H2. The summed E-state index contributed by atoms with van der Waals surface area (Å²) in [5, 5.41) is 0. The van der Waals surface area contributed by atoms with Crippen molar-refractivity contribution in [2.75, 3.05) is 0 Å². The molecule has 0 aromatic heterocycles. The van der Waals surface area contributed by atoms with Crippen LogP contribution < -0.4 is 10.5 Å². The maximum Gasteiger partial charge on any atom is 0.416 e. The van der Waals surface area contributed by atoms with Gasteiger partial charge in [-0.2, -0.15) is 13.2 Å². The SMILES string of the molecule is NCc1cc(F)ccc1Oc1ccc(C(F)(F)F)cc1. The molecule has 2 N–H and O–H groups in total. The number of hydrogen-bond acceptors (Lipinski definition) is 2. The first kappa shape index (κ1) is 14.3. The van der Waals surface area contributed by atoms with Crippen LogP contribution in [0.4, 0.5) is 17.6 Å². The quantitative estimate of drug-likeness (QED) is 0.862. The Labute approximate surface area is 112 Å². The first-order valence-electron chi connectivity index (χ1n) is 5.74. The molecular formula is C14H11F4NO. The van der Waals surface area contributed by atoms with Crippen molar-refractivity contribution in [3.8, 4) is 11.5 Å². The minimum Gasteiger partial charge on any atom is -0.457 e. The molecule has 0 unspecified atom stereocenters. The van der Waals surface area contributed by atoms with Crippen LogP contribution in [0.5, 0.6) is 11.5 Å². The highest BCUT2D eigenvalue weighted by Gasteiger charge is 2.30. The van der Waals surface area contributed by atoms with Gasteiger partial charge in [0.2, 0.25) is 0 Å². The molecule has 0 bridgehead atoms. The van der Waals surface area contributed by atoms with Crippen molar-refractivity contribution >= 4 is 0 Å². The van der Waals surface area contributed by atoms with E-state index in [2.05, 4.69) is 0 Å². The lowest BCUT2D eigenvalue weighted by Crippen LogP contribution is -2.04. The summed E-state index contributed by atoms with van der Waals surface area (Å²) in [6, 6.07) is 8.04. The summed E-state index contributed by atoms with van der Waals surface area (Å²) in [5.41, 5.74) is 5.13. The van der Waals surface area contributed by atoms with Crippen LogP contribution >= 0.6 is 0 Å². The van der Waals surface area contributed by atoms with Crippen LogP contribution in [-0.2, 0) is 12.7 Å². The molecule has 0 atom stereocenters. The Kier molecular flexibility index (Phi) is 3.94. The van der Waals surface area contributed by atoms with E-state index in [9.17, 15) is 17.6 Å². The summed E-state index contributed by atoms with van der Waals surface area (Å²) in [5.74, 6) is 0.0817. The van der Waals surface area contributed by atoms with Crippen molar-refractivity contribution < 1.29 is 22.3 Å². The van der Waals surface area contributed by atoms with Gasteiger partial charge in [0.1, 0.15) is 17.3 Å². The zero-order valence-electron chi connectivity index (χ0n) is 10.2. The van der Waals surface area contributed by atoms with Gasteiger partial charge < -0.3 is 10.5 Å². The van der Waals surface area contributed by atoms with Crippen LogP contribution in [0.1, 0.15) is 11.1 Å². The highest BCUT2D eigenvalue weighted by molar-refractivity contribution is 5.39. The van der Waals surface area contributed by atoms with E-state index >= 15 is 0 Å². The van der Waals surface area contributed by atoms with Gasteiger partial charge in [0.15, 0.2) is 0 Å². The first-order valence-corrected chi connectivity index (χ1v) is 5.74. The molecule has 106 valence electrons. The fourth-order valence-corrected chi connectivity index (χ4v) is 1.65. The molecule has 20 heavy (non-hydrogen) atoms. The van der Waals surface area contributed by atoms with Crippen LogP contribution in [0.2, 0.25) is 0 Å². The second kappa shape index (κ2) is 5.50. The smallest absolute Gasteiger partial charge is 0.416 e. The summed E-state index contributed by atoms with van der Waals surface area (Å²) in [6.45, 7) is 0.0632. The number of benzene rings is 2. The molecule has 0 saturated carbocycles. The molecule has 2 nitrogen and oxygen atoms in total. The van der Waals surface area contributed by atoms with Gasteiger partial charge in [0.25, 0.3) is 0 Å². The Balaban J connectivity index is 2.22. The zero-order chi connectivity index (χ0) is 14.8. The Morgan fingerprint density at radius 2 is 1.65 bits per heavy atom. The highest BCUT2D eigenvalue weighted by Crippen LogP contribution is 2.32. The van der Waals surface area contributed by atoms with Gasteiger partial charge in [-0.05, 0) is 42.5 Å². The fraction of sp³-hybridized carbons (Fsp3) is 0.143. The van der Waals surface area contributed by atoms with Crippen LogP contribution in [-0.4, -0.2) is 0 Å². The second-order valence-electron chi connectivity index (χ2n) is 4.08. The molecule has 0 fully saturated rings. The fourth-order valence-electron chi connectivity index (χ4n) is 1.65. The molecule has 0 aliphatic heterocycles. The summed E-state index contributed by atoms with van der Waals surface area (Å²) in [7, 11) is 0. The van der Waals surface area contributed by atoms with Crippen molar-refractivity contribution in [2.24, 2.45) is 5.73 Å². The lowest BCUT2D eigenvalue weighted by molar-refractivity contribution is -0.137. The van der Waals surface area contributed by atoms with E-state index in [1.54, 1.807) is 0 Å². The third-order valence-electron chi connectivity index (χ3n) is 2.65. The van der Waals surface area contributed by atoms with Crippen molar-refractivity contribution in [3.05, 3.63) is 59.4 Å². The summed E-state index contributed by atoms with van der Waals surface area (Å²) in [4.78, 5) is 0. The van der Waals surface area contributed by atoms with Crippen LogP contribution in [0.25, 0.3) is 0 Å². The molecule has 0 aliphatic carbocycles. The van der Waals surface area contributed by atoms with Crippen molar-refractivity contribution in [1.29, 1.82) is 0 Å². The van der Waals surface area contributed by atoms with Crippen molar-refractivity contribution in [2.45, 2.75) is 12.7 Å². The van der Waals surface area contributed by atoms with E-state index in [-0.39, 0.29) is 12.3 Å². The number of alkyl halides is 3. The Hall–Kier alpha value is -2.08. The zero-order valence-corrected chi connectivity index (χ0v) is 10.2. The predicted octanol–water partition coefficient (Wildman–Crippen LogP) is 4.10. The van der Waals surface area contributed by atoms with Gasteiger partial charge in [-0.1, -0.05) is 0 Å². The number of nitrogens with two attached hydrogens (primary N) is 1. The van der Waals surface area contributed by atoms with E-state index in [1.165, 1.54) is 30.3 Å². The molecule has 0 radical (unpaired) electrons. The van der Waals surface area contributed by atoms with E-state index in [4.69, 9.17) is 10.5 Å². The third-order valence-corrected chi connectivity index (χ3v) is 2.65. The molecule has 0 saturated heterocycles. The van der Waals surface area contributed by atoms with Gasteiger partial charge in [-0.3, -0.25) is 0 Å². The topological polar surface area (TPSA) is 35.2 Å². The minimum absolute atomic E-state index is 0.0632. The largest absolute Gasteiger partial charge is 0.457 e. The first-order chi connectivity index (χ1) is 9.40. The summed E-state index contributed by atoms with van der Waals surface area (Å²) in [6.07, 6.45) is -4.39. The van der Waals surface area contributed by atoms with Gasteiger partial charge in [-0.15, -0.1) is 0 Å². The van der Waals surface area contributed by atoms with E-state index in [1.807, 2.05) is 0 Å². The maximum atomic E-state index is 13.0. The summed E-state index contributed by atoms with van der Waals surface area (Å²) >= 11 is 0. The Bertz CT molecular complexity index is 593. The molecule has 2 rings (SSSR count). The Morgan fingerprint density at radius 3 is 2.20 bits per heavy atom.